The SMILES string of the molecule is C[C@H](OC(=O)C[C@H]1Oc2ccccc2NC1=O)C(=O)Nc1c(F)cccc1F. The molecule has 3 rings (SSSR count). The Morgan fingerprint density at radius 3 is 2.57 bits per heavy atom. The summed E-state index contributed by atoms with van der Waals surface area (Å²) >= 11 is 0. The van der Waals surface area contributed by atoms with E-state index >= 15 is 0 Å². The van der Waals surface area contributed by atoms with Crippen molar-refractivity contribution in [3.63, 3.8) is 0 Å². The highest BCUT2D eigenvalue weighted by Gasteiger charge is 2.31. The predicted octanol–water partition coefficient (Wildman–Crippen LogP) is 2.62. The van der Waals surface area contributed by atoms with E-state index in [1.165, 1.54) is 6.92 Å². The zero-order valence-corrected chi connectivity index (χ0v) is 14.7. The van der Waals surface area contributed by atoms with Crippen molar-refractivity contribution in [3.05, 3.63) is 54.1 Å². The largest absolute Gasteiger partial charge is 0.478 e. The van der Waals surface area contributed by atoms with Gasteiger partial charge in [0.05, 0.1) is 12.1 Å². The van der Waals surface area contributed by atoms with Crippen LogP contribution in [0.2, 0.25) is 0 Å². The lowest BCUT2D eigenvalue weighted by atomic mass is 10.1. The Kier molecular flexibility index (Phi) is 5.53. The molecule has 1 heterocycles. The number of halogens is 2. The van der Waals surface area contributed by atoms with E-state index in [0.29, 0.717) is 11.4 Å². The first-order valence-electron chi connectivity index (χ1n) is 8.36. The number of anilines is 2. The van der Waals surface area contributed by atoms with Gasteiger partial charge in [0.15, 0.2) is 12.2 Å². The molecule has 0 aromatic heterocycles. The van der Waals surface area contributed by atoms with Crippen molar-refractivity contribution in [2.75, 3.05) is 10.6 Å². The quantitative estimate of drug-likeness (QED) is 0.766. The van der Waals surface area contributed by atoms with E-state index in [2.05, 4.69) is 5.32 Å². The molecule has 0 aliphatic carbocycles. The molecule has 2 aromatic carbocycles. The summed E-state index contributed by atoms with van der Waals surface area (Å²) < 4.78 is 37.6. The van der Waals surface area contributed by atoms with E-state index in [1.807, 2.05) is 5.32 Å². The minimum absolute atomic E-state index is 0.403. The number of nitrogens with one attached hydrogen (secondary N) is 2. The van der Waals surface area contributed by atoms with Gasteiger partial charge in [0.25, 0.3) is 11.8 Å². The first kappa shape index (κ1) is 19.3. The van der Waals surface area contributed by atoms with E-state index in [9.17, 15) is 23.2 Å². The van der Waals surface area contributed by atoms with Gasteiger partial charge in [-0.3, -0.25) is 14.4 Å². The zero-order chi connectivity index (χ0) is 20.3. The molecule has 7 nitrogen and oxygen atoms in total. The summed E-state index contributed by atoms with van der Waals surface area (Å²) in [5.74, 6) is -3.84. The molecule has 0 spiro atoms. The second kappa shape index (κ2) is 8.03. The van der Waals surface area contributed by atoms with Gasteiger partial charge in [-0.15, -0.1) is 0 Å². The standard InChI is InChI=1S/C19H16F2N2O5/c1-10(18(25)23-17-11(20)5-4-6-12(17)21)27-16(24)9-15-19(26)22-13-7-2-3-8-14(13)28-15/h2-8,10,15H,9H2,1H3,(H,22,26)(H,23,25)/t10-,15+/m0/s1. The third-order valence-corrected chi connectivity index (χ3v) is 3.95. The van der Waals surface area contributed by atoms with E-state index in [0.717, 1.165) is 18.2 Å². The number of hydrogen-bond acceptors (Lipinski definition) is 5. The third kappa shape index (κ3) is 4.25. The van der Waals surface area contributed by atoms with E-state index in [4.69, 9.17) is 9.47 Å². The lowest BCUT2D eigenvalue weighted by Crippen LogP contribution is -2.40. The summed E-state index contributed by atoms with van der Waals surface area (Å²) in [4.78, 5) is 36.1. The van der Waals surface area contributed by atoms with Crippen LogP contribution in [0.4, 0.5) is 20.2 Å². The van der Waals surface area contributed by atoms with Crippen LogP contribution in [0, 0.1) is 11.6 Å². The maximum atomic E-state index is 13.6. The van der Waals surface area contributed by atoms with E-state index in [1.54, 1.807) is 24.3 Å². The van der Waals surface area contributed by atoms with Crippen LogP contribution in [-0.4, -0.2) is 30.0 Å². The van der Waals surface area contributed by atoms with Gasteiger partial charge in [-0.2, -0.15) is 0 Å². The maximum Gasteiger partial charge on any atom is 0.310 e. The van der Waals surface area contributed by atoms with Crippen molar-refractivity contribution in [2.45, 2.75) is 25.6 Å². The highest BCUT2D eigenvalue weighted by atomic mass is 19.1. The fourth-order valence-electron chi connectivity index (χ4n) is 2.52. The molecule has 2 atom stereocenters. The lowest BCUT2D eigenvalue weighted by Gasteiger charge is -2.25. The second-order valence-corrected chi connectivity index (χ2v) is 6.01. The van der Waals surface area contributed by atoms with Crippen molar-refractivity contribution >= 4 is 29.2 Å². The number of carbonyl (C=O) groups is 3. The van der Waals surface area contributed by atoms with Crippen molar-refractivity contribution in [3.8, 4) is 5.75 Å². The lowest BCUT2D eigenvalue weighted by molar-refractivity contribution is -0.155. The Hall–Kier alpha value is -3.49. The predicted molar refractivity (Wildman–Crippen MR) is 94.6 cm³/mol. The summed E-state index contributed by atoms with van der Waals surface area (Å²) in [6.07, 6.45) is -2.90. The van der Waals surface area contributed by atoms with Gasteiger partial charge in [0.2, 0.25) is 0 Å². The van der Waals surface area contributed by atoms with Crippen LogP contribution >= 0.6 is 0 Å². The van der Waals surface area contributed by atoms with Crippen LogP contribution in [0.5, 0.6) is 5.75 Å². The molecule has 1 aliphatic rings. The fraction of sp³-hybridized carbons (Fsp3) is 0.211. The average molecular weight is 390 g/mol. The van der Waals surface area contributed by atoms with Crippen molar-refractivity contribution in [1.29, 1.82) is 0 Å². The maximum absolute atomic E-state index is 13.6. The number of para-hydroxylation sites is 3. The van der Waals surface area contributed by atoms with Crippen molar-refractivity contribution in [1.82, 2.24) is 0 Å². The summed E-state index contributed by atoms with van der Waals surface area (Å²) in [5, 5.41) is 4.63. The number of fused-ring (bicyclic) bond motifs is 1. The van der Waals surface area contributed by atoms with Crippen LogP contribution in [0.25, 0.3) is 0 Å². The Bertz CT molecular complexity index is 914. The number of ether oxygens (including phenoxy) is 2. The number of amides is 2. The Labute approximate surface area is 158 Å². The minimum Gasteiger partial charge on any atom is -0.478 e. The molecular formula is C19H16F2N2O5. The molecule has 2 N–H and O–H groups in total. The zero-order valence-electron chi connectivity index (χ0n) is 14.7. The number of benzene rings is 2. The molecule has 146 valence electrons. The van der Waals surface area contributed by atoms with Gasteiger partial charge < -0.3 is 20.1 Å². The average Bonchev–Trinajstić information content (AvgIpc) is 2.65. The summed E-state index contributed by atoms with van der Waals surface area (Å²) in [6.45, 7) is 1.24. The van der Waals surface area contributed by atoms with Gasteiger partial charge in [-0.25, -0.2) is 8.78 Å². The van der Waals surface area contributed by atoms with Gasteiger partial charge in [0, 0.05) is 0 Å². The van der Waals surface area contributed by atoms with E-state index < -0.39 is 53.7 Å². The fourth-order valence-corrected chi connectivity index (χ4v) is 2.52. The highest BCUT2D eigenvalue weighted by molar-refractivity contribution is 6.00. The van der Waals surface area contributed by atoms with Gasteiger partial charge in [-0.1, -0.05) is 18.2 Å². The first-order chi connectivity index (χ1) is 13.3. The Morgan fingerprint density at radius 1 is 1.18 bits per heavy atom. The molecule has 2 amide bonds. The molecule has 0 saturated heterocycles. The summed E-state index contributed by atoms with van der Waals surface area (Å²) in [6, 6.07) is 9.81. The van der Waals surface area contributed by atoms with Crippen LogP contribution in [-0.2, 0) is 19.1 Å². The monoisotopic (exact) mass is 390 g/mol. The molecule has 0 fully saturated rings. The smallest absolute Gasteiger partial charge is 0.310 e. The topological polar surface area (TPSA) is 93.7 Å². The van der Waals surface area contributed by atoms with Crippen molar-refractivity contribution in [2.24, 2.45) is 0 Å². The molecule has 2 aromatic rings. The third-order valence-electron chi connectivity index (χ3n) is 3.95. The van der Waals surface area contributed by atoms with Crippen LogP contribution in [0.15, 0.2) is 42.5 Å². The second-order valence-electron chi connectivity index (χ2n) is 6.01. The molecule has 9 heteroatoms. The van der Waals surface area contributed by atoms with Crippen LogP contribution in [0.1, 0.15) is 13.3 Å². The van der Waals surface area contributed by atoms with Gasteiger partial charge in [0.1, 0.15) is 23.1 Å². The minimum atomic E-state index is -1.34. The van der Waals surface area contributed by atoms with Gasteiger partial charge >= 0.3 is 5.97 Å². The van der Waals surface area contributed by atoms with Crippen LogP contribution < -0.4 is 15.4 Å². The number of hydrogen-bond donors (Lipinski definition) is 2. The molecule has 0 saturated carbocycles. The van der Waals surface area contributed by atoms with Crippen molar-refractivity contribution < 1.29 is 32.6 Å². The molecular weight excluding hydrogens is 374 g/mol. The first-order valence-corrected chi connectivity index (χ1v) is 8.36. The van der Waals surface area contributed by atoms with E-state index in [-0.39, 0.29) is 0 Å². The number of esters is 1. The Balaban J connectivity index is 1.57. The highest BCUT2D eigenvalue weighted by Crippen LogP contribution is 2.29. The molecule has 28 heavy (non-hydrogen) atoms. The normalized spacial score (nSPS) is 16.2. The molecule has 0 bridgehead atoms. The summed E-state index contributed by atoms with van der Waals surface area (Å²) in [7, 11) is 0. The molecule has 0 unspecified atom stereocenters. The molecule has 0 radical (unpaired) electrons. The van der Waals surface area contributed by atoms with Crippen LogP contribution in [0.3, 0.4) is 0 Å². The summed E-state index contributed by atoms with van der Waals surface area (Å²) in [5.41, 5.74) is -0.154. The molecule has 1 aliphatic heterocycles. The van der Waals surface area contributed by atoms with Gasteiger partial charge in [-0.05, 0) is 31.2 Å². The number of carbonyl (C=O) groups excluding carboxylic acids is 3. The number of rotatable bonds is 5. The Morgan fingerprint density at radius 2 is 1.86 bits per heavy atom.